The van der Waals surface area contributed by atoms with Crippen molar-refractivity contribution in [2.24, 2.45) is 0 Å². The van der Waals surface area contributed by atoms with Crippen LogP contribution in [0.2, 0.25) is 18.1 Å². The Balaban J connectivity index is 3.39. The molecule has 5 heteroatoms. The van der Waals surface area contributed by atoms with Crippen LogP contribution < -0.4 is 0 Å². The summed E-state index contributed by atoms with van der Waals surface area (Å²) in [6.45, 7) is 16.6. The van der Waals surface area contributed by atoms with Crippen molar-refractivity contribution in [1.29, 1.82) is 0 Å². The number of alkyl halides is 3. The summed E-state index contributed by atoms with van der Waals surface area (Å²) in [5.74, 6) is 0. The molecule has 0 bridgehead atoms. The first-order valence-corrected chi connectivity index (χ1v) is 8.87. The fourth-order valence-corrected chi connectivity index (χ4v) is 5.62. The molecule has 1 fully saturated rings. The van der Waals surface area contributed by atoms with Crippen molar-refractivity contribution in [2.45, 2.75) is 55.9 Å². The minimum absolute atomic E-state index is 0.239. The van der Waals surface area contributed by atoms with Gasteiger partial charge in [0.25, 0.3) is 0 Å². The van der Waals surface area contributed by atoms with E-state index in [1.54, 1.807) is 0 Å². The fraction of sp³-hybridized carbons (Fsp3) is 0.692. The number of halogens is 3. The molecule has 0 unspecified atom stereocenters. The lowest BCUT2D eigenvalue weighted by Gasteiger charge is -2.41. The minimum Gasteiger partial charge on any atom is -0.348 e. The largest absolute Gasteiger partial charge is 0.424 e. The van der Waals surface area contributed by atoms with Gasteiger partial charge in [0.05, 0.1) is 0 Å². The lowest BCUT2D eigenvalue weighted by Crippen LogP contribution is -2.57. The zero-order valence-electron chi connectivity index (χ0n) is 11.6. The molecule has 1 nitrogen and oxygen atoms in total. The highest BCUT2D eigenvalue weighted by Gasteiger charge is 2.85. The Labute approximate surface area is 108 Å². The number of hydrogen-bond acceptors (Lipinski definition) is 1. The second-order valence-corrected chi connectivity index (χ2v) is 11.8. The third-order valence-electron chi connectivity index (χ3n) is 4.63. The average molecular weight is 278 g/mol. The molecule has 18 heavy (non-hydrogen) atoms. The van der Waals surface area contributed by atoms with E-state index in [-0.39, 0.29) is 5.04 Å². The Morgan fingerprint density at radius 1 is 1.06 bits per heavy atom. The maximum atomic E-state index is 13.3. The third kappa shape index (κ3) is 1.56. The van der Waals surface area contributed by atoms with Gasteiger partial charge in [-0.3, -0.25) is 0 Å². The molecule has 0 radical (unpaired) electrons. The van der Waals surface area contributed by atoms with Gasteiger partial charge in [0.15, 0.2) is 0 Å². The Kier molecular flexibility index (Phi) is 3.21. The summed E-state index contributed by atoms with van der Waals surface area (Å²) in [4.78, 5) is 0. The number of hydrogen-bond donors (Lipinski definition) is 0. The summed E-state index contributed by atoms with van der Waals surface area (Å²) in [5.41, 5.74) is -2.26. The van der Waals surface area contributed by atoms with E-state index in [4.69, 9.17) is 4.74 Å². The average Bonchev–Trinajstić information content (AvgIpc) is 2.86. The SMILES string of the molecule is C=C[C@@]1(C(F)(F)F)O[C@]1(C=C)[Si](C)(C)C(C)(C)C. The molecule has 0 N–H and O–H groups in total. The molecule has 1 aliphatic rings. The number of rotatable bonds is 3. The van der Waals surface area contributed by atoms with Crippen LogP contribution >= 0.6 is 0 Å². The zero-order valence-corrected chi connectivity index (χ0v) is 12.6. The normalized spacial score (nSPS) is 33.1. The van der Waals surface area contributed by atoms with Gasteiger partial charge in [0, 0.05) is 0 Å². The summed E-state index contributed by atoms with van der Waals surface area (Å²) < 4.78 is 45.1. The van der Waals surface area contributed by atoms with E-state index in [0.29, 0.717) is 0 Å². The van der Waals surface area contributed by atoms with E-state index < -0.39 is 25.1 Å². The maximum absolute atomic E-state index is 13.3. The van der Waals surface area contributed by atoms with Crippen LogP contribution in [-0.2, 0) is 4.74 Å². The molecule has 0 saturated carbocycles. The molecule has 0 aromatic carbocycles. The molecular formula is C13H21F3OSi. The second-order valence-electron chi connectivity index (χ2n) is 6.35. The van der Waals surface area contributed by atoms with Crippen molar-refractivity contribution in [1.82, 2.24) is 0 Å². The van der Waals surface area contributed by atoms with E-state index in [1.165, 1.54) is 6.08 Å². The van der Waals surface area contributed by atoms with Crippen LogP contribution in [0.25, 0.3) is 0 Å². The van der Waals surface area contributed by atoms with Crippen LogP contribution in [0.15, 0.2) is 25.3 Å². The molecule has 1 saturated heterocycles. The van der Waals surface area contributed by atoms with Gasteiger partial charge in [-0.25, -0.2) is 0 Å². The summed E-state index contributed by atoms with van der Waals surface area (Å²) in [7, 11) is -2.42. The van der Waals surface area contributed by atoms with E-state index in [9.17, 15) is 13.2 Å². The van der Waals surface area contributed by atoms with Crippen molar-refractivity contribution in [3.05, 3.63) is 25.3 Å². The smallest absolute Gasteiger partial charge is 0.348 e. The van der Waals surface area contributed by atoms with Gasteiger partial charge in [-0.2, -0.15) is 13.2 Å². The highest BCUT2D eigenvalue weighted by Crippen LogP contribution is 2.66. The molecule has 1 aliphatic heterocycles. The Morgan fingerprint density at radius 3 is 1.67 bits per heavy atom. The third-order valence-corrected chi connectivity index (χ3v) is 10.9. The van der Waals surface area contributed by atoms with E-state index in [2.05, 4.69) is 13.2 Å². The van der Waals surface area contributed by atoms with Crippen LogP contribution in [0.5, 0.6) is 0 Å². The zero-order chi connectivity index (χ0) is 14.6. The first-order valence-electron chi connectivity index (χ1n) is 5.87. The van der Waals surface area contributed by atoms with Crippen molar-refractivity contribution in [2.75, 3.05) is 0 Å². The lowest BCUT2D eigenvalue weighted by molar-refractivity contribution is -0.169. The monoisotopic (exact) mass is 278 g/mol. The predicted molar refractivity (Wildman–Crippen MR) is 70.2 cm³/mol. The Morgan fingerprint density at radius 2 is 1.50 bits per heavy atom. The van der Waals surface area contributed by atoms with Crippen molar-refractivity contribution < 1.29 is 17.9 Å². The molecule has 1 heterocycles. The standard InChI is InChI=1S/C13H21F3OSi/c1-8-11(13(14,15)16)12(9-2,17-11)18(6,7)10(3,4)5/h8-9H,1-2H2,3-7H3/t11-,12-/m1/s1. The summed E-state index contributed by atoms with van der Waals surface area (Å²) in [6, 6.07) is 0. The molecule has 2 atom stereocenters. The molecule has 0 aromatic heterocycles. The van der Waals surface area contributed by atoms with Gasteiger partial charge < -0.3 is 4.74 Å². The van der Waals surface area contributed by atoms with Crippen LogP contribution in [0.3, 0.4) is 0 Å². The van der Waals surface area contributed by atoms with Gasteiger partial charge >= 0.3 is 6.18 Å². The first-order chi connectivity index (χ1) is 7.83. The van der Waals surface area contributed by atoms with E-state index in [1.807, 2.05) is 33.9 Å². The van der Waals surface area contributed by atoms with Gasteiger partial charge in [0.2, 0.25) is 5.60 Å². The second kappa shape index (κ2) is 3.73. The maximum Gasteiger partial charge on any atom is 0.424 e. The molecule has 1 rings (SSSR count). The van der Waals surface area contributed by atoms with E-state index >= 15 is 0 Å². The Bertz CT molecular complexity index is 381. The van der Waals surface area contributed by atoms with Gasteiger partial charge in [-0.05, 0) is 11.1 Å². The summed E-state index contributed by atoms with van der Waals surface area (Å²) in [5, 5.41) is -1.56. The van der Waals surface area contributed by atoms with Crippen LogP contribution in [0, 0.1) is 0 Å². The van der Waals surface area contributed by atoms with Crippen LogP contribution in [-0.4, -0.2) is 25.1 Å². The molecule has 0 aromatic rings. The fourth-order valence-electron chi connectivity index (χ4n) is 2.40. The summed E-state index contributed by atoms with van der Waals surface area (Å²) >= 11 is 0. The highest BCUT2D eigenvalue weighted by molar-refractivity contribution is 6.84. The first kappa shape index (κ1) is 15.5. The van der Waals surface area contributed by atoms with Crippen molar-refractivity contribution in [3.63, 3.8) is 0 Å². The molecule has 0 amide bonds. The summed E-state index contributed by atoms with van der Waals surface area (Å²) in [6.07, 6.45) is -2.24. The minimum atomic E-state index is -4.46. The lowest BCUT2D eigenvalue weighted by atomic mass is 10.0. The van der Waals surface area contributed by atoms with Crippen molar-refractivity contribution >= 4 is 8.07 Å². The van der Waals surface area contributed by atoms with Gasteiger partial charge in [-0.1, -0.05) is 46.5 Å². The molecule has 0 spiro atoms. The molecular weight excluding hydrogens is 257 g/mol. The molecule has 104 valence electrons. The quantitative estimate of drug-likeness (QED) is 0.421. The highest BCUT2D eigenvalue weighted by atomic mass is 28.3. The van der Waals surface area contributed by atoms with Crippen molar-refractivity contribution in [3.8, 4) is 0 Å². The topological polar surface area (TPSA) is 12.5 Å². The van der Waals surface area contributed by atoms with Gasteiger partial charge in [-0.15, -0.1) is 6.58 Å². The predicted octanol–water partition coefficient (Wildman–Crippen LogP) is 4.48. The van der Waals surface area contributed by atoms with Gasteiger partial charge in [0.1, 0.15) is 13.3 Å². The van der Waals surface area contributed by atoms with Crippen LogP contribution in [0.1, 0.15) is 20.8 Å². The van der Waals surface area contributed by atoms with E-state index in [0.717, 1.165) is 6.08 Å². The van der Waals surface area contributed by atoms with Crippen LogP contribution in [0.4, 0.5) is 13.2 Å². The number of ether oxygens (including phenoxy) is 1. The Hall–Kier alpha value is -0.553. The number of epoxide rings is 1. The molecule has 0 aliphatic carbocycles.